The second-order valence-electron chi connectivity index (χ2n) is 9.83. The van der Waals surface area contributed by atoms with Crippen LogP contribution in [0.4, 0.5) is 10.8 Å². The summed E-state index contributed by atoms with van der Waals surface area (Å²) in [7, 11) is -3.34. The fourth-order valence-corrected chi connectivity index (χ4v) is 4.77. The van der Waals surface area contributed by atoms with E-state index in [1.54, 1.807) is 25.2 Å². The number of carboxylic acid groups (broad SMARTS) is 1. The number of hydroxylamine groups is 2. The third-order valence-electron chi connectivity index (χ3n) is 6.16. The van der Waals surface area contributed by atoms with Crippen molar-refractivity contribution in [2.24, 2.45) is 15.9 Å². The molecule has 1 saturated heterocycles. The number of hydrogen-bond donors (Lipinski definition) is 7. The predicted octanol–water partition coefficient (Wildman–Crippen LogP) is -1.40. The first-order valence-corrected chi connectivity index (χ1v) is 15.1. The second-order valence-corrected chi connectivity index (χ2v) is 11.7. The van der Waals surface area contributed by atoms with Gasteiger partial charge in [-0.2, -0.15) is 13.5 Å². The zero-order valence-electron chi connectivity index (χ0n) is 24.1. The molecule has 2 heterocycles. The second kappa shape index (κ2) is 14.6. The van der Waals surface area contributed by atoms with Crippen molar-refractivity contribution in [3.8, 4) is 5.75 Å². The van der Waals surface area contributed by atoms with Crippen LogP contribution in [0.25, 0.3) is 0 Å². The SMILES string of the molecule is CNc1ccc(OC[C@H](O/N=C(\C(=O)N[C@@H]2C(=O)N(OS(=O)(=O)O)C2(C)C)c2csc(N)n2)C(=O)O)cc1C=NC[C@H](O)CN. The fraction of sp³-hybridized carbons (Fsp3) is 0.417. The summed E-state index contributed by atoms with van der Waals surface area (Å²) in [5, 5.41) is 30.1. The van der Waals surface area contributed by atoms with Gasteiger partial charge in [0.2, 0.25) is 0 Å². The van der Waals surface area contributed by atoms with Crippen LogP contribution >= 0.6 is 11.3 Å². The van der Waals surface area contributed by atoms with Gasteiger partial charge in [-0.25, -0.2) is 9.78 Å². The van der Waals surface area contributed by atoms with Gasteiger partial charge < -0.3 is 41.9 Å². The van der Waals surface area contributed by atoms with Gasteiger partial charge in [0.15, 0.2) is 10.8 Å². The van der Waals surface area contributed by atoms with Crippen LogP contribution in [0.3, 0.4) is 0 Å². The Morgan fingerprint density at radius 1 is 1.33 bits per heavy atom. The van der Waals surface area contributed by atoms with E-state index in [2.05, 4.69) is 30.0 Å². The Labute approximate surface area is 260 Å². The lowest BCUT2D eigenvalue weighted by molar-refractivity contribution is -0.218. The maximum absolute atomic E-state index is 13.2. The van der Waals surface area contributed by atoms with Gasteiger partial charge in [0.25, 0.3) is 17.9 Å². The monoisotopic (exact) mass is 672 g/mol. The molecular formula is C24H32N8O11S2. The van der Waals surface area contributed by atoms with E-state index in [-0.39, 0.29) is 29.7 Å². The van der Waals surface area contributed by atoms with Crippen LogP contribution in [0.5, 0.6) is 5.75 Å². The first-order valence-electron chi connectivity index (χ1n) is 12.9. The summed E-state index contributed by atoms with van der Waals surface area (Å²) in [4.78, 5) is 50.9. The largest absolute Gasteiger partial charge is 0.489 e. The van der Waals surface area contributed by atoms with Gasteiger partial charge in [0, 0.05) is 36.4 Å². The van der Waals surface area contributed by atoms with E-state index in [4.69, 9.17) is 25.6 Å². The molecule has 45 heavy (non-hydrogen) atoms. The highest BCUT2D eigenvalue weighted by Gasteiger charge is 2.58. The molecule has 0 unspecified atom stereocenters. The molecule has 0 spiro atoms. The molecule has 0 bridgehead atoms. The van der Waals surface area contributed by atoms with E-state index in [1.807, 2.05) is 0 Å². The van der Waals surface area contributed by atoms with E-state index in [0.29, 0.717) is 16.3 Å². The average molecular weight is 673 g/mol. The van der Waals surface area contributed by atoms with Gasteiger partial charge in [-0.15, -0.1) is 15.6 Å². The van der Waals surface area contributed by atoms with Gasteiger partial charge >= 0.3 is 16.4 Å². The molecule has 0 radical (unpaired) electrons. The number of aliphatic carboxylic acids is 1. The number of aromatic nitrogens is 1. The number of thiazole rings is 1. The minimum absolute atomic E-state index is 0.0401. The molecule has 246 valence electrons. The van der Waals surface area contributed by atoms with Gasteiger partial charge in [-0.1, -0.05) is 5.16 Å². The Hall–Kier alpha value is -4.41. The molecule has 1 aromatic heterocycles. The van der Waals surface area contributed by atoms with Crippen LogP contribution in [0.15, 0.2) is 33.7 Å². The van der Waals surface area contributed by atoms with Gasteiger partial charge in [-0.05, 0) is 32.0 Å². The van der Waals surface area contributed by atoms with Crippen molar-refractivity contribution in [2.45, 2.75) is 37.6 Å². The Balaban J connectivity index is 1.77. The van der Waals surface area contributed by atoms with Gasteiger partial charge in [0.1, 0.15) is 24.1 Å². The van der Waals surface area contributed by atoms with E-state index in [1.165, 1.54) is 25.4 Å². The van der Waals surface area contributed by atoms with Crippen LogP contribution in [0.1, 0.15) is 25.1 Å². The normalized spacial score (nSPS) is 17.8. The highest BCUT2D eigenvalue weighted by molar-refractivity contribution is 7.80. The maximum Gasteiger partial charge on any atom is 0.418 e. The van der Waals surface area contributed by atoms with E-state index in [9.17, 15) is 33.0 Å². The average Bonchev–Trinajstić information content (AvgIpc) is 3.40. The smallest absolute Gasteiger partial charge is 0.418 e. The van der Waals surface area contributed by atoms with Crippen molar-refractivity contribution < 1.29 is 51.4 Å². The molecule has 0 aliphatic carbocycles. The lowest BCUT2D eigenvalue weighted by atomic mass is 9.84. The summed E-state index contributed by atoms with van der Waals surface area (Å²) in [5.74, 6) is -3.31. The number of hydrogen-bond acceptors (Lipinski definition) is 16. The number of carbonyl (C=O) groups excluding carboxylic acids is 2. The molecule has 1 aliphatic rings. The van der Waals surface area contributed by atoms with Crippen molar-refractivity contribution in [3.05, 3.63) is 34.8 Å². The highest BCUT2D eigenvalue weighted by Crippen LogP contribution is 2.33. The van der Waals surface area contributed by atoms with Crippen molar-refractivity contribution >= 4 is 62.3 Å². The third kappa shape index (κ3) is 9.06. The molecule has 19 nitrogen and oxygen atoms in total. The number of aliphatic hydroxyl groups excluding tert-OH is 1. The first-order chi connectivity index (χ1) is 21.1. The molecular weight excluding hydrogens is 640 g/mol. The fourth-order valence-electron chi connectivity index (χ4n) is 3.77. The summed E-state index contributed by atoms with van der Waals surface area (Å²) < 4.78 is 40.9. The maximum atomic E-state index is 13.2. The molecule has 0 saturated carbocycles. The molecule has 3 atom stereocenters. The summed E-state index contributed by atoms with van der Waals surface area (Å²) in [6.45, 7) is 2.24. The number of rotatable bonds is 16. The van der Waals surface area contributed by atoms with Crippen molar-refractivity contribution in [1.82, 2.24) is 15.4 Å². The molecule has 3 rings (SSSR count). The minimum atomic E-state index is -5.03. The number of amides is 2. The predicted molar refractivity (Wildman–Crippen MR) is 160 cm³/mol. The molecule has 2 aromatic rings. The number of carboxylic acids is 1. The summed E-state index contributed by atoms with van der Waals surface area (Å²) >= 11 is 0.940. The molecule has 21 heteroatoms. The Morgan fingerprint density at radius 2 is 2.04 bits per heavy atom. The van der Waals surface area contributed by atoms with Crippen molar-refractivity contribution in [3.63, 3.8) is 0 Å². The number of benzene rings is 1. The zero-order chi connectivity index (χ0) is 33.5. The highest BCUT2D eigenvalue weighted by atomic mass is 32.3. The number of carbonyl (C=O) groups is 3. The molecule has 1 fully saturated rings. The number of nitrogens with one attached hydrogen (secondary N) is 2. The third-order valence-corrected chi connectivity index (χ3v) is 7.17. The lowest BCUT2D eigenvalue weighted by Crippen LogP contribution is -2.76. The zero-order valence-corrected chi connectivity index (χ0v) is 25.7. The lowest BCUT2D eigenvalue weighted by Gasteiger charge is -2.50. The number of aliphatic hydroxyl groups is 1. The van der Waals surface area contributed by atoms with Gasteiger partial charge in [-0.3, -0.25) is 19.1 Å². The molecule has 2 amide bonds. The number of β-lactam (4-membered cyclic amide) rings is 1. The topological polar surface area (TPSA) is 291 Å². The minimum Gasteiger partial charge on any atom is -0.489 e. The Morgan fingerprint density at radius 3 is 2.60 bits per heavy atom. The molecule has 1 aromatic carbocycles. The van der Waals surface area contributed by atoms with Crippen molar-refractivity contribution in [2.75, 3.05) is 37.8 Å². The Bertz CT molecular complexity index is 1580. The van der Waals surface area contributed by atoms with E-state index in [0.717, 1.165) is 11.3 Å². The van der Waals surface area contributed by atoms with Crippen LogP contribution in [0.2, 0.25) is 0 Å². The number of nitrogens with two attached hydrogens (primary N) is 2. The quantitative estimate of drug-likeness (QED) is 0.0467. The summed E-state index contributed by atoms with van der Waals surface area (Å²) in [6, 6.07) is 3.44. The first kappa shape index (κ1) is 35.1. The van der Waals surface area contributed by atoms with Crippen LogP contribution < -0.4 is 26.8 Å². The number of aliphatic imine (C=N–C) groups is 1. The number of nitrogens with zero attached hydrogens (tertiary/aromatic N) is 4. The van der Waals surface area contributed by atoms with E-state index < -0.39 is 64.3 Å². The standard InChI is InChI=1S/C24H32N8O11S2/c1-24(2)19(21(35)32(24)43-45(38,39)40)30-20(34)18(16-11-44-23(26)29-16)31-42-17(22(36)37)10-41-14-4-5-15(27-3)12(6-14)8-28-9-13(33)7-25/h4-6,8,11,13,17,19,27,33H,7,9-10,25H2,1-3H3,(H2,26,29)(H,30,34)(H,36,37)(H,38,39,40)/b28-8?,31-18-/t13-,17+,19-/m1/s1. The van der Waals surface area contributed by atoms with Crippen LogP contribution in [-0.2, 0) is 33.9 Å². The van der Waals surface area contributed by atoms with E-state index >= 15 is 0 Å². The van der Waals surface area contributed by atoms with Crippen molar-refractivity contribution in [1.29, 1.82) is 0 Å². The number of oxime groups is 1. The van der Waals surface area contributed by atoms with Gasteiger partial charge in [0.05, 0.1) is 18.2 Å². The molecule has 1 aliphatic heterocycles. The Kier molecular flexibility index (Phi) is 11.4. The summed E-state index contributed by atoms with van der Waals surface area (Å²) in [5.41, 5.74) is 10.2. The van der Waals surface area contributed by atoms with Crippen LogP contribution in [0, 0.1) is 0 Å². The van der Waals surface area contributed by atoms with Crippen LogP contribution in [-0.4, -0.2) is 113 Å². The summed E-state index contributed by atoms with van der Waals surface area (Å²) in [6.07, 6.45) is -1.06. The number of nitrogen functional groups attached to an aromatic ring is 1. The number of ether oxygens (including phenoxy) is 1. The molecule has 9 N–H and O–H groups in total. The number of anilines is 2.